The molecule has 7 heteroatoms. The molecule has 0 spiro atoms. The topological polar surface area (TPSA) is 88.4 Å². The van der Waals surface area contributed by atoms with Gasteiger partial charge in [-0.3, -0.25) is 4.79 Å². The Morgan fingerprint density at radius 3 is 2.73 bits per heavy atom. The second-order valence-electron chi connectivity index (χ2n) is 7.20. The van der Waals surface area contributed by atoms with Gasteiger partial charge in [0.15, 0.2) is 0 Å². The summed E-state index contributed by atoms with van der Waals surface area (Å²) in [5.41, 5.74) is 0.513. The maximum absolute atomic E-state index is 12.6. The molecule has 3 unspecified atom stereocenters. The van der Waals surface area contributed by atoms with Crippen LogP contribution in [0.2, 0.25) is 0 Å². The lowest BCUT2D eigenvalue weighted by Crippen LogP contribution is -2.27. The minimum atomic E-state index is -3.68. The summed E-state index contributed by atoms with van der Waals surface area (Å²) in [5.74, 6) is 1.78. The van der Waals surface area contributed by atoms with Crippen molar-refractivity contribution in [2.24, 2.45) is 17.8 Å². The minimum Gasteiger partial charge on any atom is -0.468 e. The zero-order chi connectivity index (χ0) is 18.1. The van der Waals surface area contributed by atoms with Crippen LogP contribution in [-0.4, -0.2) is 14.3 Å². The minimum absolute atomic E-state index is 0.00953. The number of amides is 1. The van der Waals surface area contributed by atoms with Crippen molar-refractivity contribution in [3.8, 4) is 0 Å². The van der Waals surface area contributed by atoms with Gasteiger partial charge in [0.25, 0.3) is 0 Å². The van der Waals surface area contributed by atoms with E-state index in [9.17, 15) is 13.2 Å². The molecule has 0 aliphatic heterocycles. The number of carbonyl (C=O) groups is 1. The summed E-state index contributed by atoms with van der Waals surface area (Å²) in [7, 11) is -3.68. The maximum atomic E-state index is 12.6. The standard InChI is InChI=1S/C19H22N2O4S/c22-19(18-10-13-6-7-14(18)9-13)21-15-3-1-5-17(11-15)26(23,24)20-12-16-4-2-8-25-16/h1-5,8,11,13-14,18,20H,6-7,9-10,12H2,(H,21,22). The predicted molar refractivity (Wildman–Crippen MR) is 96.7 cm³/mol. The zero-order valence-corrected chi connectivity index (χ0v) is 15.2. The summed E-state index contributed by atoms with van der Waals surface area (Å²) in [6.45, 7) is 0.0804. The number of rotatable bonds is 6. The Morgan fingerprint density at radius 2 is 2.04 bits per heavy atom. The summed E-state index contributed by atoms with van der Waals surface area (Å²) in [6.07, 6.45) is 5.98. The number of hydrogen-bond donors (Lipinski definition) is 2. The number of anilines is 1. The average molecular weight is 374 g/mol. The Hall–Kier alpha value is -2.12. The van der Waals surface area contributed by atoms with Crippen LogP contribution in [0.5, 0.6) is 0 Å². The first-order chi connectivity index (χ1) is 12.5. The van der Waals surface area contributed by atoms with Crippen molar-refractivity contribution in [1.29, 1.82) is 0 Å². The lowest BCUT2D eigenvalue weighted by Gasteiger charge is -2.21. The molecule has 0 radical (unpaired) electrons. The van der Waals surface area contributed by atoms with Crippen molar-refractivity contribution in [1.82, 2.24) is 4.72 Å². The number of carbonyl (C=O) groups excluding carboxylic acids is 1. The van der Waals surface area contributed by atoms with E-state index in [2.05, 4.69) is 10.0 Å². The lowest BCUT2D eigenvalue weighted by molar-refractivity contribution is -0.121. The molecule has 4 rings (SSSR count). The molecule has 6 nitrogen and oxygen atoms in total. The third kappa shape index (κ3) is 3.54. The molecule has 0 saturated heterocycles. The Kier molecular flexibility index (Phi) is 4.58. The van der Waals surface area contributed by atoms with Crippen LogP contribution in [0.4, 0.5) is 5.69 Å². The molecular weight excluding hydrogens is 352 g/mol. The summed E-state index contributed by atoms with van der Waals surface area (Å²) in [5, 5.41) is 2.90. The fourth-order valence-corrected chi connectivity index (χ4v) is 5.24. The number of fused-ring (bicyclic) bond motifs is 2. The number of benzene rings is 1. The smallest absolute Gasteiger partial charge is 0.241 e. The monoisotopic (exact) mass is 374 g/mol. The number of hydrogen-bond acceptors (Lipinski definition) is 4. The summed E-state index contributed by atoms with van der Waals surface area (Å²) < 4.78 is 32.6. The highest BCUT2D eigenvalue weighted by atomic mass is 32.2. The highest BCUT2D eigenvalue weighted by Crippen LogP contribution is 2.48. The fourth-order valence-electron chi connectivity index (χ4n) is 4.20. The van der Waals surface area contributed by atoms with Gasteiger partial charge in [0, 0.05) is 11.6 Å². The summed E-state index contributed by atoms with van der Waals surface area (Å²) in [4.78, 5) is 12.7. The molecule has 1 aromatic carbocycles. The molecule has 2 aliphatic carbocycles. The largest absolute Gasteiger partial charge is 0.468 e. The van der Waals surface area contributed by atoms with Gasteiger partial charge in [-0.25, -0.2) is 13.1 Å². The molecule has 2 bridgehead atoms. The SMILES string of the molecule is O=C(Nc1cccc(S(=O)(=O)NCc2ccco2)c1)C1CC2CCC1C2. The zero-order valence-electron chi connectivity index (χ0n) is 14.4. The van der Waals surface area contributed by atoms with Crippen molar-refractivity contribution in [3.05, 3.63) is 48.4 Å². The van der Waals surface area contributed by atoms with E-state index in [4.69, 9.17) is 4.42 Å². The number of nitrogens with one attached hydrogen (secondary N) is 2. The van der Waals surface area contributed by atoms with Gasteiger partial charge in [-0.05, 0) is 61.4 Å². The van der Waals surface area contributed by atoms with Gasteiger partial charge in [0.2, 0.25) is 15.9 Å². The predicted octanol–water partition coefficient (Wildman–Crippen LogP) is 3.13. The van der Waals surface area contributed by atoms with Crippen LogP contribution in [0.25, 0.3) is 0 Å². The molecule has 2 aromatic rings. The second kappa shape index (κ2) is 6.89. The van der Waals surface area contributed by atoms with Gasteiger partial charge in [0.1, 0.15) is 5.76 Å². The van der Waals surface area contributed by atoms with Gasteiger partial charge in [-0.1, -0.05) is 12.5 Å². The van der Waals surface area contributed by atoms with Crippen LogP contribution >= 0.6 is 0 Å². The molecule has 2 aliphatic rings. The van der Waals surface area contributed by atoms with Crippen LogP contribution in [0, 0.1) is 17.8 Å². The van der Waals surface area contributed by atoms with Gasteiger partial charge in [-0.2, -0.15) is 0 Å². The third-order valence-corrected chi connectivity index (χ3v) is 6.90. The van der Waals surface area contributed by atoms with Crippen molar-refractivity contribution in [2.45, 2.75) is 37.1 Å². The lowest BCUT2D eigenvalue weighted by atomic mass is 9.88. The molecule has 1 aromatic heterocycles. The number of sulfonamides is 1. The molecule has 26 heavy (non-hydrogen) atoms. The molecule has 138 valence electrons. The molecule has 1 amide bonds. The molecule has 2 N–H and O–H groups in total. The normalized spacial score (nSPS) is 24.7. The van der Waals surface area contributed by atoms with E-state index in [0.29, 0.717) is 23.3 Å². The van der Waals surface area contributed by atoms with Gasteiger partial charge < -0.3 is 9.73 Å². The van der Waals surface area contributed by atoms with Crippen molar-refractivity contribution < 1.29 is 17.6 Å². The highest BCUT2D eigenvalue weighted by Gasteiger charge is 2.43. The van der Waals surface area contributed by atoms with Gasteiger partial charge in [-0.15, -0.1) is 0 Å². The first-order valence-corrected chi connectivity index (χ1v) is 10.4. The first kappa shape index (κ1) is 17.3. The van der Waals surface area contributed by atoms with E-state index in [1.165, 1.54) is 24.8 Å². The van der Waals surface area contributed by atoms with E-state index in [1.54, 1.807) is 24.3 Å². The Bertz CT molecular complexity index is 892. The maximum Gasteiger partial charge on any atom is 0.241 e. The van der Waals surface area contributed by atoms with E-state index >= 15 is 0 Å². The summed E-state index contributed by atoms with van der Waals surface area (Å²) in [6, 6.07) is 9.77. The fraction of sp³-hybridized carbons (Fsp3) is 0.421. The quantitative estimate of drug-likeness (QED) is 0.813. The first-order valence-electron chi connectivity index (χ1n) is 8.94. The highest BCUT2D eigenvalue weighted by molar-refractivity contribution is 7.89. The summed E-state index contributed by atoms with van der Waals surface area (Å²) >= 11 is 0. The van der Waals surface area contributed by atoms with Crippen molar-refractivity contribution >= 4 is 21.6 Å². The number of furan rings is 1. The Labute approximate surface area is 153 Å². The molecule has 3 atom stereocenters. The Balaban J connectivity index is 1.43. The van der Waals surface area contributed by atoms with E-state index in [0.717, 1.165) is 19.3 Å². The van der Waals surface area contributed by atoms with Crippen molar-refractivity contribution in [3.63, 3.8) is 0 Å². The third-order valence-electron chi connectivity index (χ3n) is 5.50. The molecule has 2 saturated carbocycles. The van der Waals surface area contributed by atoms with Gasteiger partial charge >= 0.3 is 0 Å². The van der Waals surface area contributed by atoms with Crippen LogP contribution in [0.15, 0.2) is 52.0 Å². The van der Waals surface area contributed by atoms with Crippen LogP contribution in [0.1, 0.15) is 31.4 Å². The molecule has 2 fully saturated rings. The van der Waals surface area contributed by atoms with Crippen LogP contribution < -0.4 is 10.0 Å². The average Bonchev–Trinajstić information content (AvgIpc) is 3.38. The van der Waals surface area contributed by atoms with E-state index < -0.39 is 10.0 Å². The van der Waals surface area contributed by atoms with E-state index in [1.807, 2.05) is 0 Å². The van der Waals surface area contributed by atoms with E-state index in [-0.39, 0.29) is 23.3 Å². The van der Waals surface area contributed by atoms with Crippen LogP contribution in [0.3, 0.4) is 0 Å². The molecular formula is C19H22N2O4S. The molecule has 1 heterocycles. The second-order valence-corrected chi connectivity index (χ2v) is 8.97. The Morgan fingerprint density at radius 1 is 1.15 bits per heavy atom. The van der Waals surface area contributed by atoms with Gasteiger partial charge in [0.05, 0.1) is 17.7 Å². The van der Waals surface area contributed by atoms with Crippen molar-refractivity contribution in [2.75, 3.05) is 5.32 Å². The van der Waals surface area contributed by atoms with Crippen LogP contribution in [-0.2, 0) is 21.4 Å².